The second-order valence-corrected chi connectivity index (χ2v) is 8.35. The molecule has 3 aromatic rings. The highest BCUT2D eigenvalue weighted by Gasteiger charge is 2.17. The molecule has 128 valence electrons. The molecule has 3 heteroatoms. The molecule has 1 aliphatic rings. The van der Waals surface area contributed by atoms with Gasteiger partial charge in [0.15, 0.2) is 0 Å². The highest BCUT2D eigenvalue weighted by atomic mass is 32.2. The summed E-state index contributed by atoms with van der Waals surface area (Å²) in [7, 11) is -2.65. The monoisotopic (exact) mass is 357 g/mol. The normalized spacial score (nSPS) is 18.7. The Balaban J connectivity index is 1.97. The van der Waals surface area contributed by atoms with Gasteiger partial charge in [0.1, 0.15) is 9.73 Å². The van der Waals surface area contributed by atoms with Gasteiger partial charge in [-0.25, -0.2) is 4.21 Å². The fraction of sp³-hybridized carbons (Fsp3) is 0.0435. The van der Waals surface area contributed by atoms with Crippen molar-refractivity contribution in [2.24, 2.45) is 4.36 Å². The molecular weight excluding hydrogens is 338 g/mol. The van der Waals surface area contributed by atoms with Crippen LogP contribution < -0.4 is 0 Å². The first-order chi connectivity index (χ1) is 12.6. The molecule has 1 aliphatic heterocycles. The summed E-state index contributed by atoms with van der Waals surface area (Å²) < 4.78 is 17.9. The molecule has 26 heavy (non-hydrogen) atoms. The topological polar surface area (TPSA) is 29.4 Å². The molecule has 0 saturated heterocycles. The molecule has 0 amide bonds. The first kappa shape index (κ1) is 16.6. The van der Waals surface area contributed by atoms with Crippen LogP contribution in [-0.4, -0.2) is 4.21 Å². The number of nitrogens with zero attached hydrogens (tertiary/aromatic N) is 1. The van der Waals surface area contributed by atoms with Gasteiger partial charge < -0.3 is 0 Å². The van der Waals surface area contributed by atoms with Crippen molar-refractivity contribution in [1.29, 1.82) is 0 Å². The predicted octanol–water partition coefficient (Wildman–Crippen LogP) is 6.68. The minimum atomic E-state index is -2.65. The lowest BCUT2D eigenvalue weighted by molar-refractivity contribution is 0.687. The molecule has 2 nitrogen and oxygen atoms in total. The van der Waals surface area contributed by atoms with Gasteiger partial charge in [0, 0.05) is 21.3 Å². The van der Waals surface area contributed by atoms with Gasteiger partial charge in [-0.3, -0.25) is 0 Å². The van der Waals surface area contributed by atoms with E-state index in [0.717, 1.165) is 33.2 Å². The number of hydrogen-bond donors (Lipinski definition) is 0. The molecule has 0 aromatic heterocycles. The van der Waals surface area contributed by atoms with E-state index in [1.165, 1.54) is 0 Å². The summed E-state index contributed by atoms with van der Waals surface area (Å²) in [6.45, 7) is 5.84. The Bertz CT molecular complexity index is 1190. The van der Waals surface area contributed by atoms with Gasteiger partial charge >= 0.3 is 0 Å². The molecular formula is C23H19NOS. The highest BCUT2D eigenvalue weighted by Crippen LogP contribution is 2.38. The van der Waals surface area contributed by atoms with E-state index in [4.69, 9.17) is 0 Å². The van der Waals surface area contributed by atoms with Crippen LogP contribution in [0.3, 0.4) is 0 Å². The van der Waals surface area contributed by atoms with Gasteiger partial charge in [0.2, 0.25) is 0 Å². The molecule has 1 unspecified atom stereocenters. The molecule has 0 bridgehead atoms. The molecule has 0 saturated carbocycles. The lowest BCUT2D eigenvalue weighted by atomic mass is 9.98. The van der Waals surface area contributed by atoms with E-state index in [-0.39, 0.29) is 0 Å². The lowest BCUT2D eigenvalue weighted by Crippen LogP contribution is -2.00. The molecule has 0 radical (unpaired) electrons. The summed E-state index contributed by atoms with van der Waals surface area (Å²) in [5.74, 6) is 0. The average Bonchev–Trinajstić information content (AvgIpc) is 2.68. The van der Waals surface area contributed by atoms with Crippen LogP contribution in [0.2, 0.25) is 0 Å². The van der Waals surface area contributed by atoms with Crippen molar-refractivity contribution in [3.63, 3.8) is 0 Å². The van der Waals surface area contributed by atoms with Gasteiger partial charge in [0.25, 0.3) is 0 Å². The molecule has 1 atom stereocenters. The van der Waals surface area contributed by atoms with Gasteiger partial charge in [0.05, 0.1) is 5.69 Å². The van der Waals surface area contributed by atoms with Crippen LogP contribution in [0.4, 0.5) is 5.69 Å². The summed E-state index contributed by atoms with van der Waals surface area (Å²) in [5.41, 5.74) is 4.03. The summed E-state index contributed by atoms with van der Waals surface area (Å²) in [6.07, 6.45) is 5.50. The molecule has 3 aromatic carbocycles. The van der Waals surface area contributed by atoms with Crippen molar-refractivity contribution in [2.75, 3.05) is 0 Å². The van der Waals surface area contributed by atoms with Crippen LogP contribution >= 0.6 is 0 Å². The van der Waals surface area contributed by atoms with Crippen molar-refractivity contribution in [3.8, 4) is 11.1 Å². The number of rotatable bonds is 3. The zero-order valence-electron chi connectivity index (χ0n) is 14.6. The molecule has 1 heterocycles. The summed E-state index contributed by atoms with van der Waals surface area (Å²) in [5, 5.41) is 3.76. The van der Waals surface area contributed by atoms with E-state index in [1.54, 1.807) is 11.5 Å². The third kappa shape index (κ3) is 2.80. The largest absolute Gasteiger partial charge is 0.240 e. The fourth-order valence-electron chi connectivity index (χ4n) is 3.13. The van der Waals surface area contributed by atoms with Crippen molar-refractivity contribution in [1.82, 2.24) is 0 Å². The van der Waals surface area contributed by atoms with Crippen molar-refractivity contribution in [3.05, 3.63) is 95.3 Å². The maximum absolute atomic E-state index is 13.3. The minimum Gasteiger partial charge on any atom is -0.240 e. The standard InChI is InChI=1S/C23H19NOS/c1-3-7-17(2)26(25)15-14-20-12-10-19-11-13-21(16-22(19)23(20)24-26)18-8-5-4-6-9-18/h3-16H,2H2,1H3/b7-3-. The second-order valence-electron chi connectivity index (χ2n) is 6.23. The predicted molar refractivity (Wildman–Crippen MR) is 113 cm³/mol. The SMILES string of the molecule is C=C(/C=C\C)S1(=O)=Nc2c(ccc3ccc(-c4ccccc4)cc23)C=C1. The molecule has 0 fully saturated rings. The van der Waals surface area contributed by atoms with Gasteiger partial charge in [-0.2, -0.15) is 4.36 Å². The Morgan fingerprint density at radius 1 is 1.04 bits per heavy atom. The van der Waals surface area contributed by atoms with Crippen molar-refractivity contribution >= 4 is 32.3 Å². The highest BCUT2D eigenvalue weighted by molar-refractivity contribution is 8.00. The first-order valence-electron chi connectivity index (χ1n) is 8.50. The number of allylic oxidation sites excluding steroid dienone is 2. The van der Waals surface area contributed by atoms with Gasteiger partial charge in [-0.1, -0.05) is 67.3 Å². The molecule has 0 spiro atoms. The number of benzene rings is 3. The maximum Gasteiger partial charge on any atom is 0.101 e. The van der Waals surface area contributed by atoms with Crippen LogP contribution in [-0.2, 0) is 9.73 Å². The number of fused-ring (bicyclic) bond motifs is 3. The molecule has 0 N–H and O–H groups in total. The third-order valence-corrected chi connectivity index (χ3v) is 6.36. The van der Waals surface area contributed by atoms with Gasteiger partial charge in [-0.05, 0) is 41.7 Å². The third-order valence-electron chi connectivity index (χ3n) is 4.52. The Labute approximate surface area is 154 Å². The van der Waals surface area contributed by atoms with Crippen LogP contribution in [0.1, 0.15) is 12.5 Å². The van der Waals surface area contributed by atoms with E-state index >= 15 is 0 Å². The van der Waals surface area contributed by atoms with E-state index in [0.29, 0.717) is 4.91 Å². The second kappa shape index (κ2) is 6.43. The Morgan fingerprint density at radius 3 is 2.58 bits per heavy atom. The Kier molecular flexibility index (Phi) is 4.09. The Hall–Kier alpha value is -2.91. The van der Waals surface area contributed by atoms with Crippen LogP contribution in [0.15, 0.2) is 94.1 Å². The summed E-state index contributed by atoms with van der Waals surface area (Å²) in [4.78, 5) is 0.526. The molecule has 0 aliphatic carbocycles. The van der Waals surface area contributed by atoms with Crippen LogP contribution in [0.25, 0.3) is 28.0 Å². The zero-order valence-corrected chi connectivity index (χ0v) is 15.4. The van der Waals surface area contributed by atoms with Gasteiger partial charge in [-0.15, -0.1) is 0 Å². The number of hydrogen-bond acceptors (Lipinski definition) is 2. The van der Waals surface area contributed by atoms with Crippen LogP contribution in [0.5, 0.6) is 0 Å². The Morgan fingerprint density at radius 2 is 1.81 bits per heavy atom. The quantitative estimate of drug-likeness (QED) is 0.481. The van der Waals surface area contributed by atoms with Crippen molar-refractivity contribution in [2.45, 2.75) is 6.92 Å². The van der Waals surface area contributed by atoms with E-state index in [9.17, 15) is 4.21 Å². The summed E-state index contributed by atoms with van der Waals surface area (Å²) in [6, 6.07) is 20.7. The van der Waals surface area contributed by atoms with E-state index in [1.807, 2.05) is 43.3 Å². The zero-order chi connectivity index (χ0) is 18.1. The first-order valence-corrected chi connectivity index (χ1v) is 10.1. The smallest absolute Gasteiger partial charge is 0.101 e. The van der Waals surface area contributed by atoms with E-state index < -0.39 is 9.73 Å². The average molecular weight is 357 g/mol. The lowest BCUT2D eigenvalue weighted by Gasteiger charge is -2.15. The van der Waals surface area contributed by atoms with E-state index in [2.05, 4.69) is 47.3 Å². The maximum atomic E-state index is 13.3. The molecule has 4 rings (SSSR count). The van der Waals surface area contributed by atoms with Crippen molar-refractivity contribution < 1.29 is 4.21 Å². The minimum absolute atomic E-state index is 0.526. The fourth-order valence-corrected chi connectivity index (χ4v) is 4.62. The summed E-state index contributed by atoms with van der Waals surface area (Å²) >= 11 is 0. The van der Waals surface area contributed by atoms with Crippen LogP contribution in [0, 0.1) is 0 Å².